The Bertz CT molecular complexity index is 1930. The molecule has 1 heterocycles. The lowest BCUT2D eigenvalue weighted by Crippen LogP contribution is -2.68. The van der Waals surface area contributed by atoms with Crippen molar-refractivity contribution in [1.82, 2.24) is 0 Å². The Balaban J connectivity index is 1.68. The van der Waals surface area contributed by atoms with Crippen LogP contribution >= 0.6 is 7.26 Å². The number of fused-ring (bicyclic) bond motifs is 1. The molecular weight excluding hydrogens is 700 g/mol. The number of rotatable bonds is 6. The molecule has 1 aliphatic carbocycles. The summed E-state index contributed by atoms with van der Waals surface area (Å²) in [6.07, 6.45) is -2.12. The lowest BCUT2D eigenvalue weighted by molar-refractivity contribution is 0.380. The highest BCUT2D eigenvalue weighted by atomic mass is 31.2. The third kappa shape index (κ3) is 5.25. The van der Waals surface area contributed by atoms with E-state index in [0.29, 0.717) is 24.8 Å². The standard InChI is InChI=1S/C39H28BF10P/c41-30-28(31(42)35(46)38(49)34(30)45)40(29-32(43)36(47)39(50)37(48)33(29)44)20-22-12-10-11-19-26(22)27(21-40)51(23-13-4-1-5-14-23,24-15-6-2-7-16-24)25-17-8-3-9-18-25/h1-9,12-18,26-27H,10-11,19-21H2/t26-,27-/m1/s1. The van der Waals surface area contributed by atoms with E-state index < -0.39 is 107 Å². The van der Waals surface area contributed by atoms with Crippen LogP contribution in [0.2, 0.25) is 12.6 Å². The molecule has 0 N–H and O–H groups in total. The van der Waals surface area contributed by atoms with E-state index in [4.69, 9.17) is 0 Å². The molecule has 7 rings (SSSR count). The van der Waals surface area contributed by atoms with E-state index in [1.165, 1.54) is 0 Å². The number of benzene rings is 5. The first-order chi connectivity index (χ1) is 24.5. The fourth-order valence-electron chi connectivity index (χ4n) is 8.94. The molecule has 0 nitrogen and oxygen atoms in total. The first-order valence-electron chi connectivity index (χ1n) is 16.4. The fraction of sp³-hybridized carbons (Fsp3) is 0.179. The molecular formula is C39H28BF10P. The molecule has 0 unspecified atom stereocenters. The number of allylic oxidation sites excluding steroid dienone is 2. The first-order valence-corrected chi connectivity index (χ1v) is 18.3. The molecule has 0 saturated carbocycles. The van der Waals surface area contributed by atoms with Crippen LogP contribution in [0.5, 0.6) is 0 Å². The SMILES string of the molecule is Fc1c(F)c(F)c([B-]2(c3c(F)c(F)c(F)c(F)c3F)CC3=CCCC[C@H]3[C@H]([P+](c3ccccc3)(c3ccccc3)c3ccccc3)C2)c(F)c1F. The summed E-state index contributed by atoms with van der Waals surface area (Å²) in [4.78, 5) is 0. The Hall–Kier alpha value is -4.37. The van der Waals surface area contributed by atoms with Gasteiger partial charge in [0.15, 0.2) is 34.9 Å². The summed E-state index contributed by atoms with van der Waals surface area (Å²) in [6, 6.07) is 27.1. The van der Waals surface area contributed by atoms with E-state index in [9.17, 15) is 8.78 Å². The minimum atomic E-state index is -4.01. The smallest absolute Gasteiger partial charge is 0.200 e. The van der Waals surface area contributed by atoms with Crippen molar-refractivity contribution >= 4 is 40.2 Å². The molecule has 1 aliphatic heterocycles. The number of hydrogen-bond donors (Lipinski definition) is 0. The van der Waals surface area contributed by atoms with Gasteiger partial charge in [-0.3, -0.25) is 0 Å². The van der Waals surface area contributed by atoms with Crippen molar-refractivity contribution in [3.63, 3.8) is 0 Å². The molecule has 1 saturated heterocycles. The lowest BCUT2D eigenvalue weighted by atomic mass is 9.12. The van der Waals surface area contributed by atoms with Gasteiger partial charge in [0, 0.05) is 5.92 Å². The predicted octanol–water partition coefficient (Wildman–Crippen LogP) is 8.74. The second kappa shape index (κ2) is 13.3. The summed E-state index contributed by atoms with van der Waals surface area (Å²) in [5, 5.41) is 2.20. The summed E-state index contributed by atoms with van der Waals surface area (Å²) >= 11 is 0. The lowest BCUT2D eigenvalue weighted by Gasteiger charge is -2.55. The van der Waals surface area contributed by atoms with Crippen molar-refractivity contribution in [2.24, 2.45) is 5.92 Å². The summed E-state index contributed by atoms with van der Waals surface area (Å²) in [5.41, 5.74) is -3.65. The van der Waals surface area contributed by atoms with Crippen LogP contribution < -0.4 is 26.8 Å². The van der Waals surface area contributed by atoms with Crippen molar-refractivity contribution in [2.45, 2.75) is 37.6 Å². The monoisotopic (exact) mass is 728 g/mol. The van der Waals surface area contributed by atoms with Gasteiger partial charge in [-0.05, 0) is 55.7 Å². The molecule has 0 aromatic heterocycles. The molecule has 5 aromatic rings. The highest BCUT2D eigenvalue weighted by Crippen LogP contribution is 2.67. The summed E-state index contributed by atoms with van der Waals surface area (Å²) < 4.78 is 155. The van der Waals surface area contributed by atoms with Gasteiger partial charge in [0.1, 0.15) is 46.4 Å². The molecule has 0 radical (unpaired) electrons. The molecule has 5 aromatic carbocycles. The van der Waals surface area contributed by atoms with Gasteiger partial charge in [0.05, 0.1) is 11.8 Å². The van der Waals surface area contributed by atoms with Gasteiger partial charge in [-0.1, -0.05) is 60.7 Å². The van der Waals surface area contributed by atoms with Crippen LogP contribution in [0.3, 0.4) is 0 Å². The molecule has 262 valence electrons. The highest BCUT2D eigenvalue weighted by molar-refractivity contribution is 7.96. The van der Waals surface area contributed by atoms with E-state index >= 15 is 35.1 Å². The van der Waals surface area contributed by atoms with E-state index in [0.717, 1.165) is 15.9 Å². The van der Waals surface area contributed by atoms with Crippen molar-refractivity contribution in [3.8, 4) is 0 Å². The molecule has 0 amide bonds. The second-order valence-corrected chi connectivity index (χ2v) is 16.9. The van der Waals surface area contributed by atoms with Gasteiger partial charge in [0.2, 0.25) is 0 Å². The number of halogens is 10. The van der Waals surface area contributed by atoms with Crippen molar-refractivity contribution in [1.29, 1.82) is 0 Å². The largest absolute Gasteiger partial charge is 0.207 e. The third-order valence-corrected chi connectivity index (χ3v) is 15.8. The Morgan fingerprint density at radius 3 is 1.20 bits per heavy atom. The average Bonchev–Trinajstić information content (AvgIpc) is 3.16. The van der Waals surface area contributed by atoms with Gasteiger partial charge >= 0.3 is 0 Å². The van der Waals surface area contributed by atoms with E-state index in [-0.39, 0.29) is 0 Å². The van der Waals surface area contributed by atoms with Crippen molar-refractivity contribution in [3.05, 3.63) is 161 Å². The first kappa shape index (κ1) is 35.1. The summed E-state index contributed by atoms with van der Waals surface area (Å²) in [7, 11) is -3.20. The van der Waals surface area contributed by atoms with E-state index in [1.54, 1.807) is 60.7 Å². The molecule has 51 heavy (non-hydrogen) atoms. The minimum Gasteiger partial charge on any atom is -0.207 e. The van der Waals surface area contributed by atoms with Crippen LogP contribution in [-0.4, -0.2) is 11.8 Å². The second-order valence-electron chi connectivity index (χ2n) is 13.3. The van der Waals surface area contributed by atoms with Crippen LogP contribution in [0.1, 0.15) is 19.3 Å². The Morgan fingerprint density at radius 1 is 0.471 bits per heavy atom. The molecule has 2 aliphatic rings. The van der Waals surface area contributed by atoms with Crippen LogP contribution in [-0.2, 0) is 0 Å². The molecule has 2 atom stereocenters. The van der Waals surface area contributed by atoms with E-state index in [1.807, 2.05) is 36.4 Å². The molecule has 0 spiro atoms. The maximum absolute atomic E-state index is 16.3. The van der Waals surface area contributed by atoms with Crippen LogP contribution in [0.25, 0.3) is 0 Å². The van der Waals surface area contributed by atoms with Crippen molar-refractivity contribution < 1.29 is 43.9 Å². The summed E-state index contributed by atoms with van der Waals surface area (Å²) in [5.74, 6) is -24.6. The van der Waals surface area contributed by atoms with Gasteiger partial charge in [0.25, 0.3) is 0 Å². The molecule has 12 heteroatoms. The normalized spacial score (nSPS) is 18.7. The third-order valence-electron chi connectivity index (χ3n) is 10.9. The quantitative estimate of drug-likeness (QED) is 0.0410. The van der Waals surface area contributed by atoms with E-state index in [2.05, 4.69) is 0 Å². The Labute approximate surface area is 288 Å². The Kier molecular flexibility index (Phi) is 9.15. The zero-order valence-corrected chi connectivity index (χ0v) is 27.6. The zero-order chi connectivity index (χ0) is 36.2. The maximum atomic E-state index is 16.3. The van der Waals surface area contributed by atoms with Crippen LogP contribution in [0, 0.1) is 64.1 Å². The van der Waals surface area contributed by atoms with Gasteiger partial charge in [-0.2, -0.15) is 0 Å². The van der Waals surface area contributed by atoms with Crippen LogP contribution in [0.4, 0.5) is 43.9 Å². The van der Waals surface area contributed by atoms with Gasteiger partial charge in [-0.15, -0.1) is 29.1 Å². The van der Waals surface area contributed by atoms with Crippen LogP contribution in [0.15, 0.2) is 103 Å². The maximum Gasteiger partial charge on any atom is 0.200 e. The predicted molar refractivity (Wildman–Crippen MR) is 181 cm³/mol. The number of hydrogen-bond acceptors (Lipinski definition) is 0. The topological polar surface area (TPSA) is 0 Å². The van der Waals surface area contributed by atoms with Gasteiger partial charge < -0.3 is 0 Å². The van der Waals surface area contributed by atoms with Gasteiger partial charge in [-0.25, -0.2) is 43.9 Å². The average molecular weight is 728 g/mol. The molecule has 0 bridgehead atoms. The highest BCUT2D eigenvalue weighted by Gasteiger charge is 2.60. The zero-order valence-electron chi connectivity index (χ0n) is 26.7. The Morgan fingerprint density at radius 2 is 0.824 bits per heavy atom. The fourth-order valence-corrected chi connectivity index (χ4v) is 14.5. The minimum absolute atomic E-state index is 0.401. The van der Waals surface area contributed by atoms with Crippen molar-refractivity contribution in [2.75, 3.05) is 0 Å². The molecule has 1 fully saturated rings. The summed E-state index contributed by atoms with van der Waals surface area (Å²) in [6.45, 7) is 0.